The molecule has 0 aliphatic heterocycles. The average Bonchev–Trinajstić information content (AvgIpc) is 2.99. The predicted molar refractivity (Wildman–Crippen MR) is 83.8 cm³/mol. The number of rotatable bonds is 6. The van der Waals surface area contributed by atoms with Crippen LogP contribution in [0.2, 0.25) is 0 Å². The van der Waals surface area contributed by atoms with Crippen molar-refractivity contribution in [3.8, 4) is 0 Å². The Morgan fingerprint density at radius 2 is 1.95 bits per heavy atom. The molecule has 0 saturated heterocycles. The van der Waals surface area contributed by atoms with E-state index in [-0.39, 0.29) is 6.04 Å². The summed E-state index contributed by atoms with van der Waals surface area (Å²) < 4.78 is 5.12. The first-order valence-corrected chi connectivity index (χ1v) is 7.90. The summed E-state index contributed by atoms with van der Waals surface area (Å²) >= 11 is 3.63. The normalized spacial score (nSPS) is 12.8. The van der Waals surface area contributed by atoms with Crippen LogP contribution in [0.25, 0.3) is 0 Å². The molecule has 2 aromatic rings. The maximum Gasteiger partial charge on any atom is 0.0930 e. The number of hydrogen-bond donors (Lipinski definition) is 1. The third-order valence-corrected chi connectivity index (χ3v) is 3.95. The number of hydrogen-bond acceptors (Lipinski definition) is 3. The van der Waals surface area contributed by atoms with Crippen molar-refractivity contribution >= 4 is 15.9 Å². The minimum atomic E-state index is 0.0953. The minimum Gasteiger partial charge on any atom is -0.304 e. The summed E-state index contributed by atoms with van der Waals surface area (Å²) in [5.41, 5.74) is 3.38. The van der Waals surface area contributed by atoms with E-state index in [0.29, 0.717) is 0 Å². The van der Waals surface area contributed by atoms with Gasteiger partial charge in [0.25, 0.3) is 0 Å². The van der Waals surface area contributed by atoms with Crippen LogP contribution < -0.4 is 5.32 Å². The summed E-state index contributed by atoms with van der Waals surface area (Å²) in [4.78, 5) is 0. The quantitative estimate of drug-likeness (QED) is 0.880. The van der Waals surface area contributed by atoms with Crippen molar-refractivity contribution in [2.24, 2.45) is 0 Å². The molecule has 0 spiro atoms. The number of aryl methyl sites for hydroxylation is 3. The van der Waals surface area contributed by atoms with Crippen LogP contribution >= 0.6 is 15.9 Å². The fourth-order valence-electron chi connectivity index (χ4n) is 2.51. The van der Waals surface area contributed by atoms with E-state index in [2.05, 4.69) is 63.0 Å². The van der Waals surface area contributed by atoms with Crippen LogP contribution in [-0.4, -0.2) is 26.1 Å². The van der Waals surface area contributed by atoms with Crippen molar-refractivity contribution in [2.45, 2.75) is 46.8 Å². The van der Waals surface area contributed by atoms with Crippen molar-refractivity contribution in [1.29, 1.82) is 0 Å². The molecule has 0 bridgehead atoms. The zero-order chi connectivity index (χ0) is 14.7. The molecule has 1 N–H and O–H groups in total. The number of aromatic nitrogens is 4. The monoisotopic (exact) mass is 339 g/mol. The Hall–Kier alpha value is -1.14. The molecule has 2 heterocycles. The van der Waals surface area contributed by atoms with Gasteiger partial charge in [0, 0.05) is 13.1 Å². The van der Waals surface area contributed by atoms with Crippen LogP contribution in [-0.2, 0) is 13.1 Å². The topological polar surface area (TPSA) is 47.7 Å². The van der Waals surface area contributed by atoms with E-state index in [1.54, 1.807) is 0 Å². The van der Waals surface area contributed by atoms with Gasteiger partial charge < -0.3 is 5.32 Å². The smallest absolute Gasteiger partial charge is 0.0930 e. The Kier molecular flexibility index (Phi) is 4.99. The van der Waals surface area contributed by atoms with Gasteiger partial charge in [0.05, 0.1) is 33.8 Å². The fraction of sp³-hybridized carbons (Fsp3) is 0.571. The average molecular weight is 340 g/mol. The number of halogens is 1. The second kappa shape index (κ2) is 6.54. The van der Waals surface area contributed by atoms with E-state index >= 15 is 0 Å². The van der Waals surface area contributed by atoms with Gasteiger partial charge in [0.15, 0.2) is 0 Å². The molecular formula is C14H22BrN5. The molecule has 1 atom stereocenters. The van der Waals surface area contributed by atoms with Crippen molar-refractivity contribution in [2.75, 3.05) is 6.54 Å². The van der Waals surface area contributed by atoms with Crippen LogP contribution in [0.5, 0.6) is 0 Å². The summed E-state index contributed by atoms with van der Waals surface area (Å²) in [5.74, 6) is 0. The molecule has 5 nitrogen and oxygen atoms in total. The Bertz CT molecular complexity index is 572. The lowest BCUT2D eigenvalue weighted by molar-refractivity contribution is 0.498. The molecule has 110 valence electrons. The van der Waals surface area contributed by atoms with Crippen molar-refractivity contribution in [3.05, 3.63) is 33.8 Å². The molecule has 0 amide bonds. The van der Waals surface area contributed by atoms with Gasteiger partial charge in [-0.15, -0.1) is 0 Å². The molecule has 0 saturated carbocycles. The molecule has 0 radical (unpaired) electrons. The van der Waals surface area contributed by atoms with Crippen LogP contribution in [0.1, 0.15) is 43.9 Å². The first kappa shape index (κ1) is 15.3. The lowest BCUT2D eigenvalue weighted by atomic mass is 10.1. The molecule has 0 aliphatic carbocycles. The van der Waals surface area contributed by atoms with E-state index in [9.17, 15) is 0 Å². The highest BCUT2D eigenvalue weighted by atomic mass is 79.9. The molecule has 20 heavy (non-hydrogen) atoms. The van der Waals surface area contributed by atoms with E-state index in [0.717, 1.165) is 35.5 Å². The van der Waals surface area contributed by atoms with Gasteiger partial charge in [0.1, 0.15) is 0 Å². The standard InChI is InChI=1S/C14H22BrN5/c1-5-16-13(12-8-10(4)18-19(12)6-2)14-11(15)9-17-20(14)7-3/h8-9,13,16H,5-7H2,1-4H3. The maximum absolute atomic E-state index is 4.56. The van der Waals surface area contributed by atoms with Crippen molar-refractivity contribution < 1.29 is 0 Å². The van der Waals surface area contributed by atoms with Gasteiger partial charge in [-0.3, -0.25) is 9.36 Å². The van der Waals surface area contributed by atoms with Gasteiger partial charge >= 0.3 is 0 Å². The Morgan fingerprint density at radius 3 is 2.55 bits per heavy atom. The minimum absolute atomic E-state index is 0.0953. The van der Waals surface area contributed by atoms with Crippen LogP contribution in [0.15, 0.2) is 16.7 Å². The zero-order valence-electron chi connectivity index (χ0n) is 12.5. The first-order valence-electron chi connectivity index (χ1n) is 7.11. The van der Waals surface area contributed by atoms with Crippen molar-refractivity contribution in [3.63, 3.8) is 0 Å². The Morgan fingerprint density at radius 1 is 1.25 bits per heavy atom. The lowest BCUT2D eigenvalue weighted by Crippen LogP contribution is -2.27. The summed E-state index contributed by atoms with van der Waals surface area (Å²) in [6.45, 7) is 11.0. The SMILES string of the molecule is CCNC(c1cc(C)nn1CC)c1c(Br)cnn1CC. The fourth-order valence-corrected chi connectivity index (χ4v) is 3.03. The van der Waals surface area contributed by atoms with Crippen LogP contribution in [0, 0.1) is 6.92 Å². The molecule has 2 aromatic heterocycles. The first-order chi connectivity index (χ1) is 9.62. The van der Waals surface area contributed by atoms with Crippen LogP contribution in [0.3, 0.4) is 0 Å². The molecular weight excluding hydrogens is 318 g/mol. The molecule has 0 fully saturated rings. The predicted octanol–water partition coefficient (Wildman–Crippen LogP) is 2.89. The Labute approximate surface area is 128 Å². The number of nitrogens with one attached hydrogen (secondary N) is 1. The van der Waals surface area contributed by atoms with E-state index in [1.807, 2.05) is 17.8 Å². The highest BCUT2D eigenvalue weighted by Gasteiger charge is 2.24. The molecule has 2 rings (SSSR count). The zero-order valence-corrected chi connectivity index (χ0v) is 14.1. The van der Waals surface area contributed by atoms with Gasteiger partial charge in [-0.25, -0.2) is 0 Å². The lowest BCUT2D eigenvalue weighted by Gasteiger charge is -2.20. The summed E-state index contributed by atoms with van der Waals surface area (Å²) in [5, 5.41) is 12.5. The highest BCUT2D eigenvalue weighted by Crippen LogP contribution is 2.29. The highest BCUT2D eigenvalue weighted by molar-refractivity contribution is 9.10. The largest absolute Gasteiger partial charge is 0.304 e. The summed E-state index contributed by atoms with van der Waals surface area (Å²) in [6.07, 6.45) is 1.86. The van der Waals surface area contributed by atoms with Gasteiger partial charge in [-0.1, -0.05) is 6.92 Å². The van der Waals surface area contributed by atoms with Gasteiger partial charge in [-0.2, -0.15) is 10.2 Å². The number of nitrogens with zero attached hydrogens (tertiary/aromatic N) is 4. The van der Waals surface area contributed by atoms with E-state index in [4.69, 9.17) is 0 Å². The van der Waals surface area contributed by atoms with Crippen LogP contribution in [0.4, 0.5) is 0 Å². The third-order valence-electron chi connectivity index (χ3n) is 3.34. The van der Waals surface area contributed by atoms with Gasteiger partial charge in [0.2, 0.25) is 0 Å². The Balaban J connectivity index is 2.52. The second-order valence-electron chi connectivity index (χ2n) is 4.71. The maximum atomic E-state index is 4.56. The summed E-state index contributed by atoms with van der Waals surface area (Å²) in [7, 11) is 0. The van der Waals surface area contributed by atoms with Crippen molar-refractivity contribution in [1.82, 2.24) is 24.9 Å². The molecule has 0 aromatic carbocycles. The molecule has 6 heteroatoms. The van der Waals surface area contributed by atoms with E-state index in [1.165, 1.54) is 5.69 Å². The van der Waals surface area contributed by atoms with E-state index < -0.39 is 0 Å². The van der Waals surface area contributed by atoms with Gasteiger partial charge in [-0.05, 0) is 49.3 Å². The molecule has 1 unspecified atom stereocenters. The third kappa shape index (κ3) is 2.81. The summed E-state index contributed by atoms with van der Waals surface area (Å²) in [6, 6.07) is 2.24. The second-order valence-corrected chi connectivity index (χ2v) is 5.56. The molecule has 0 aliphatic rings.